The number of aliphatic carboxylic acids is 1. The minimum atomic E-state index is -0.906. The number of urea groups is 1. The number of anilines is 1. The molecule has 1 atom stereocenters. The highest BCUT2D eigenvalue weighted by Crippen LogP contribution is 2.24. The fraction of sp³-hybridized carbons (Fsp3) is 0.529. The molecular weight excluding hydrogens is 294 g/mol. The standard InChI is InChI=1S/C17H25N3O3/c1-13(18-17(23)19(2)11-8-16(21)22)14-6-5-7-15(12-14)20-9-3-4-10-20/h5-7,12-13H,3-4,8-11H2,1-2H3,(H,18,23)(H,21,22). The van der Waals surface area contributed by atoms with Gasteiger partial charge in [-0.15, -0.1) is 0 Å². The number of nitrogens with zero attached hydrogens (tertiary/aromatic N) is 2. The Morgan fingerprint density at radius 3 is 2.70 bits per heavy atom. The summed E-state index contributed by atoms with van der Waals surface area (Å²) in [6.07, 6.45) is 2.40. The average Bonchev–Trinajstić information content (AvgIpc) is 3.07. The molecular formula is C17H25N3O3. The van der Waals surface area contributed by atoms with E-state index >= 15 is 0 Å². The topological polar surface area (TPSA) is 72.9 Å². The van der Waals surface area contributed by atoms with Crippen LogP contribution in [-0.2, 0) is 4.79 Å². The number of nitrogens with one attached hydrogen (secondary N) is 1. The van der Waals surface area contributed by atoms with Crippen LogP contribution in [0.4, 0.5) is 10.5 Å². The lowest BCUT2D eigenvalue weighted by atomic mass is 10.1. The van der Waals surface area contributed by atoms with Crippen LogP contribution in [0.5, 0.6) is 0 Å². The fourth-order valence-electron chi connectivity index (χ4n) is 2.71. The second-order valence-electron chi connectivity index (χ2n) is 6.03. The second kappa shape index (κ2) is 7.85. The van der Waals surface area contributed by atoms with Gasteiger partial charge in [-0.1, -0.05) is 12.1 Å². The SMILES string of the molecule is CC(NC(=O)N(C)CCC(=O)O)c1cccc(N2CCCC2)c1. The summed E-state index contributed by atoms with van der Waals surface area (Å²) in [4.78, 5) is 26.4. The van der Waals surface area contributed by atoms with Gasteiger partial charge in [0.15, 0.2) is 0 Å². The normalized spacial score (nSPS) is 15.3. The molecule has 0 radical (unpaired) electrons. The summed E-state index contributed by atoms with van der Waals surface area (Å²) in [6.45, 7) is 4.30. The van der Waals surface area contributed by atoms with Crippen molar-refractivity contribution in [3.05, 3.63) is 29.8 Å². The second-order valence-corrected chi connectivity index (χ2v) is 6.03. The largest absolute Gasteiger partial charge is 0.481 e. The van der Waals surface area contributed by atoms with E-state index in [2.05, 4.69) is 22.3 Å². The Kier molecular flexibility index (Phi) is 5.84. The molecule has 1 aliphatic heterocycles. The first-order chi connectivity index (χ1) is 11.0. The molecule has 1 unspecified atom stereocenters. The van der Waals surface area contributed by atoms with Gasteiger partial charge in [0.2, 0.25) is 0 Å². The summed E-state index contributed by atoms with van der Waals surface area (Å²) in [5.41, 5.74) is 2.25. The van der Waals surface area contributed by atoms with E-state index in [0.717, 1.165) is 18.7 Å². The summed E-state index contributed by atoms with van der Waals surface area (Å²) < 4.78 is 0. The van der Waals surface area contributed by atoms with Crippen LogP contribution < -0.4 is 10.2 Å². The molecule has 1 saturated heterocycles. The third-order valence-electron chi connectivity index (χ3n) is 4.19. The number of carbonyl (C=O) groups excluding carboxylic acids is 1. The van der Waals surface area contributed by atoms with Gasteiger partial charge in [0, 0.05) is 32.4 Å². The number of hydrogen-bond acceptors (Lipinski definition) is 3. The predicted octanol–water partition coefficient (Wildman–Crippen LogP) is 2.46. The third kappa shape index (κ3) is 4.87. The van der Waals surface area contributed by atoms with Crippen molar-refractivity contribution < 1.29 is 14.7 Å². The van der Waals surface area contributed by atoms with Gasteiger partial charge in [-0.3, -0.25) is 4.79 Å². The molecule has 23 heavy (non-hydrogen) atoms. The van der Waals surface area contributed by atoms with Gasteiger partial charge >= 0.3 is 12.0 Å². The molecule has 1 heterocycles. The Morgan fingerprint density at radius 2 is 2.04 bits per heavy atom. The highest BCUT2D eigenvalue weighted by atomic mass is 16.4. The van der Waals surface area contributed by atoms with E-state index in [9.17, 15) is 9.59 Å². The molecule has 2 amide bonds. The molecule has 1 aromatic carbocycles. The summed E-state index contributed by atoms with van der Waals surface area (Å²) >= 11 is 0. The molecule has 6 nitrogen and oxygen atoms in total. The van der Waals surface area contributed by atoms with Gasteiger partial charge in [-0.25, -0.2) is 4.79 Å². The Labute approximate surface area is 137 Å². The van der Waals surface area contributed by atoms with Crippen LogP contribution in [0.15, 0.2) is 24.3 Å². The summed E-state index contributed by atoms with van der Waals surface area (Å²) in [6, 6.07) is 7.85. The third-order valence-corrected chi connectivity index (χ3v) is 4.19. The van der Waals surface area contributed by atoms with Crippen LogP contribution >= 0.6 is 0 Å². The molecule has 126 valence electrons. The van der Waals surface area contributed by atoms with Crippen LogP contribution in [0, 0.1) is 0 Å². The number of benzene rings is 1. The van der Waals surface area contributed by atoms with Gasteiger partial charge in [-0.2, -0.15) is 0 Å². The first-order valence-corrected chi connectivity index (χ1v) is 8.05. The van der Waals surface area contributed by atoms with Crippen LogP contribution in [0.25, 0.3) is 0 Å². The molecule has 0 aromatic heterocycles. The summed E-state index contributed by atoms with van der Waals surface area (Å²) in [5, 5.41) is 11.6. The Morgan fingerprint density at radius 1 is 1.35 bits per heavy atom. The van der Waals surface area contributed by atoms with E-state index in [-0.39, 0.29) is 25.0 Å². The first kappa shape index (κ1) is 17.1. The summed E-state index contributed by atoms with van der Waals surface area (Å²) in [5.74, 6) is -0.906. The highest BCUT2D eigenvalue weighted by molar-refractivity contribution is 5.75. The fourth-order valence-corrected chi connectivity index (χ4v) is 2.71. The van der Waals surface area contributed by atoms with Crippen molar-refractivity contribution in [1.29, 1.82) is 0 Å². The molecule has 1 aliphatic rings. The van der Waals surface area contributed by atoms with Crippen molar-refractivity contribution >= 4 is 17.7 Å². The molecule has 0 spiro atoms. The first-order valence-electron chi connectivity index (χ1n) is 8.05. The van der Waals surface area contributed by atoms with Crippen molar-refractivity contribution in [3.63, 3.8) is 0 Å². The molecule has 1 fully saturated rings. The molecule has 0 bridgehead atoms. The van der Waals surface area contributed by atoms with E-state index in [1.54, 1.807) is 7.05 Å². The van der Waals surface area contributed by atoms with E-state index in [4.69, 9.17) is 5.11 Å². The van der Waals surface area contributed by atoms with Crippen LogP contribution in [0.3, 0.4) is 0 Å². The maximum atomic E-state index is 12.1. The number of hydrogen-bond donors (Lipinski definition) is 2. The Hall–Kier alpha value is -2.24. The van der Waals surface area contributed by atoms with Gasteiger partial charge in [-0.05, 0) is 37.5 Å². The van der Waals surface area contributed by atoms with Gasteiger partial charge < -0.3 is 20.2 Å². The lowest BCUT2D eigenvalue weighted by Crippen LogP contribution is -2.39. The number of carboxylic acid groups (broad SMARTS) is 1. The van der Waals surface area contributed by atoms with Crippen molar-refractivity contribution in [2.45, 2.75) is 32.2 Å². The number of carboxylic acids is 1. The minimum Gasteiger partial charge on any atom is -0.481 e. The zero-order valence-corrected chi connectivity index (χ0v) is 13.8. The summed E-state index contributed by atoms with van der Waals surface area (Å²) in [7, 11) is 1.60. The van der Waals surface area contributed by atoms with E-state index in [1.165, 1.54) is 23.4 Å². The molecule has 2 N–H and O–H groups in total. The smallest absolute Gasteiger partial charge is 0.317 e. The van der Waals surface area contributed by atoms with Crippen molar-refractivity contribution in [3.8, 4) is 0 Å². The lowest BCUT2D eigenvalue weighted by molar-refractivity contribution is -0.137. The minimum absolute atomic E-state index is 0.0528. The van der Waals surface area contributed by atoms with Crippen molar-refractivity contribution in [2.75, 3.05) is 31.6 Å². The molecule has 2 rings (SSSR count). The van der Waals surface area contributed by atoms with Crippen molar-refractivity contribution in [2.24, 2.45) is 0 Å². The Bertz CT molecular complexity index is 556. The van der Waals surface area contributed by atoms with E-state index < -0.39 is 5.97 Å². The number of carbonyl (C=O) groups is 2. The van der Waals surface area contributed by atoms with E-state index in [0.29, 0.717) is 0 Å². The number of rotatable bonds is 6. The maximum absolute atomic E-state index is 12.1. The average molecular weight is 319 g/mol. The molecule has 6 heteroatoms. The van der Waals surface area contributed by atoms with Crippen LogP contribution in [-0.4, -0.2) is 48.7 Å². The lowest BCUT2D eigenvalue weighted by Gasteiger charge is -2.23. The monoisotopic (exact) mass is 319 g/mol. The van der Waals surface area contributed by atoms with Gasteiger partial charge in [0.1, 0.15) is 0 Å². The predicted molar refractivity (Wildman–Crippen MR) is 89.7 cm³/mol. The van der Waals surface area contributed by atoms with Crippen LogP contribution in [0.2, 0.25) is 0 Å². The quantitative estimate of drug-likeness (QED) is 0.845. The zero-order valence-electron chi connectivity index (χ0n) is 13.8. The molecule has 1 aromatic rings. The molecule has 0 aliphatic carbocycles. The van der Waals surface area contributed by atoms with E-state index in [1.807, 2.05) is 19.1 Å². The maximum Gasteiger partial charge on any atom is 0.317 e. The van der Waals surface area contributed by atoms with Gasteiger partial charge in [0.05, 0.1) is 12.5 Å². The van der Waals surface area contributed by atoms with Crippen LogP contribution in [0.1, 0.15) is 37.8 Å². The van der Waals surface area contributed by atoms with Crippen molar-refractivity contribution in [1.82, 2.24) is 10.2 Å². The zero-order chi connectivity index (χ0) is 16.8. The highest BCUT2D eigenvalue weighted by Gasteiger charge is 2.16. The van der Waals surface area contributed by atoms with Gasteiger partial charge in [0.25, 0.3) is 0 Å². The number of amides is 2. The molecule has 0 saturated carbocycles. The Balaban J connectivity index is 1.94.